The predicted octanol–water partition coefficient (Wildman–Crippen LogP) is 5.25. The van der Waals surface area contributed by atoms with Crippen LogP contribution in [-0.4, -0.2) is 16.5 Å². The van der Waals surface area contributed by atoms with Crippen molar-refractivity contribution in [1.82, 2.24) is 9.97 Å². The zero-order valence-corrected chi connectivity index (χ0v) is 14.8. The maximum atomic E-state index is 6.17. The summed E-state index contributed by atoms with van der Waals surface area (Å²) in [5.41, 5.74) is 3.11. The van der Waals surface area contributed by atoms with Crippen molar-refractivity contribution in [1.29, 1.82) is 0 Å². The predicted molar refractivity (Wildman–Crippen MR) is 93.1 cm³/mol. The highest BCUT2D eigenvalue weighted by Crippen LogP contribution is 2.29. The molecule has 0 amide bonds. The van der Waals surface area contributed by atoms with Gasteiger partial charge in [-0.2, -0.15) is 0 Å². The van der Waals surface area contributed by atoms with Crippen LogP contribution in [-0.2, 0) is 6.42 Å². The summed E-state index contributed by atoms with van der Waals surface area (Å²) < 4.78 is 0.874. The number of benzene rings is 1. The van der Waals surface area contributed by atoms with E-state index in [-0.39, 0.29) is 0 Å². The zero-order valence-electron chi connectivity index (χ0n) is 12.5. The van der Waals surface area contributed by atoms with Gasteiger partial charge in [-0.3, -0.25) is 0 Å². The van der Waals surface area contributed by atoms with Gasteiger partial charge >= 0.3 is 0 Å². The molecule has 0 saturated carbocycles. The first-order chi connectivity index (χ1) is 10.1. The molecule has 0 spiro atoms. The number of aromatic nitrogens is 2. The van der Waals surface area contributed by atoms with Crippen molar-refractivity contribution in [3.63, 3.8) is 0 Å². The lowest BCUT2D eigenvalue weighted by Gasteiger charge is -2.13. The van der Waals surface area contributed by atoms with E-state index < -0.39 is 0 Å². The van der Waals surface area contributed by atoms with Crippen molar-refractivity contribution in [2.75, 3.05) is 11.9 Å². The molecule has 21 heavy (non-hydrogen) atoms. The molecule has 0 saturated heterocycles. The van der Waals surface area contributed by atoms with E-state index in [1.54, 1.807) is 0 Å². The Morgan fingerprint density at radius 2 is 2.00 bits per heavy atom. The monoisotopic (exact) mass is 367 g/mol. The number of nitrogens with zero attached hydrogens (tertiary/aromatic N) is 2. The van der Waals surface area contributed by atoms with Gasteiger partial charge in [-0.25, -0.2) is 9.97 Å². The Morgan fingerprint density at radius 1 is 1.24 bits per heavy atom. The fraction of sp³-hybridized carbons (Fsp3) is 0.375. The number of hydrogen-bond acceptors (Lipinski definition) is 3. The average Bonchev–Trinajstić information content (AvgIpc) is 2.47. The maximum absolute atomic E-state index is 6.17. The molecular weight excluding hydrogens is 350 g/mol. The molecule has 0 radical (unpaired) electrons. The number of aryl methyl sites for hydroxylation is 1. The molecule has 5 heteroatoms. The van der Waals surface area contributed by atoms with Gasteiger partial charge in [0.25, 0.3) is 0 Å². The van der Waals surface area contributed by atoms with E-state index in [0.717, 1.165) is 40.9 Å². The maximum Gasteiger partial charge on any atom is 0.161 e. The SMILES string of the molecule is CCCNc1nc(-c2ccc(Br)c(Cl)c2)nc(C)c1CC. The van der Waals surface area contributed by atoms with Gasteiger partial charge in [0.15, 0.2) is 5.82 Å². The van der Waals surface area contributed by atoms with Crippen LogP contribution in [0, 0.1) is 6.92 Å². The molecule has 2 rings (SSSR count). The van der Waals surface area contributed by atoms with Crippen LogP contribution in [0.5, 0.6) is 0 Å². The van der Waals surface area contributed by atoms with Gasteiger partial charge < -0.3 is 5.32 Å². The minimum absolute atomic E-state index is 0.663. The molecule has 0 aliphatic heterocycles. The molecule has 0 unspecified atom stereocenters. The van der Waals surface area contributed by atoms with Gasteiger partial charge in [0, 0.05) is 27.8 Å². The van der Waals surface area contributed by atoms with E-state index in [1.165, 1.54) is 5.56 Å². The van der Waals surface area contributed by atoms with E-state index in [0.29, 0.717) is 10.8 Å². The van der Waals surface area contributed by atoms with Gasteiger partial charge in [0.1, 0.15) is 5.82 Å². The van der Waals surface area contributed by atoms with Crippen LogP contribution in [0.1, 0.15) is 31.5 Å². The summed E-state index contributed by atoms with van der Waals surface area (Å²) in [6, 6.07) is 5.78. The molecular formula is C16H19BrClN3. The highest BCUT2D eigenvalue weighted by molar-refractivity contribution is 9.10. The fourth-order valence-electron chi connectivity index (χ4n) is 2.17. The van der Waals surface area contributed by atoms with Crippen LogP contribution in [0.2, 0.25) is 5.02 Å². The lowest BCUT2D eigenvalue weighted by Crippen LogP contribution is -2.09. The Kier molecular flexibility index (Phi) is 5.59. The summed E-state index contributed by atoms with van der Waals surface area (Å²) in [4.78, 5) is 9.32. The Balaban J connectivity index is 2.48. The van der Waals surface area contributed by atoms with Crippen molar-refractivity contribution < 1.29 is 0 Å². The quantitative estimate of drug-likeness (QED) is 0.783. The van der Waals surface area contributed by atoms with Crippen molar-refractivity contribution in [3.8, 4) is 11.4 Å². The molecule has 0 aliphatic rings. The number of anilines is 1. The lowest BCUT2D eigenvalue weighted by molar-refractivity contribution is 0.938. The molecule has 0 fully saturated rings. The summed E-state index contributed by atoms with van der Waals surface area (Å²) in [7, 11) is 0. The minimum atomic E-state index is 0.663. The zero-order chi connectivity index (χ0) is 15.4. The normalized spacial score (nSPS) is 10.7. The summed E-state index contributed by atoms with van der Waals surface area (Å²) in [6.45, 7) is 7.20. The van der Waals surface area contributed by atoms with Crippen LogP contribution in [0.4, 0.5) is 5.82 Å². The van der Waals surface area contributed by atoms with Crippen LogP contribution in [0.3, 0.4) is 0 Å². The van der Waals surface area contributed by atoms with Crippen molar-refractivity contribution in [2.45, 2.75) is 33.6 Å². The third-order valence-electron chi connectivity index (χ3n) is 3.29. The smallest absolute Gasteiger partial charge is 0.161 e. The summed E-state index contributed by atoms with van der Waals surface area (Å²) >= 11 is 9.57. The molecule has 1 heterocycles. The van der Waals surface area contributed by atoms with Gasteiger partial charge in [-0.05, 0) is 53.9 Å². The van der Waals surface area contributed by atoms with Crippen LogP contribution in [0.15, 0.2) is 22.7 Å². The van der Waals surface area contributed by atoms with Crippen molar-refractivity contribution >= 4 is 33.3 Å². The molecule has 1 aromatic carbocycles. The van der Waals surface area contributed by atoms with E-state index in [1.807, 2.05) is 25.1 Å². The van der Waals surface area contributed by atoms with E-state index in [9.17, 15) is 0 Å². The highest BCUT2D eigenvalue weighted by atomic mass is 79.9. The first-order valence-electron chi connectivity index (χ1n) is 7.13. The number of hydrogen-bond donors (Lipinski definition) is 1. The number of nitrogens with one attached hydrogen (secondary N) is 1. The highest BCUT2D eigenvalue weighted by Gasteiger charge is 2.12. The molecule has 2 aromatic rings. The topological polar surface area (TPSA) is 37.8 Å². The second kappa shape index (κ2) is 7.23. The Morgan fingerprint density at radius 3 is 2.62 bits per heavy atom. The molecule has 1 aromatic heterocycles. The molecule has 1 N–H and O–H groups in total. The largest absolute Gasteiger partial charge is 0.370 e. The van der Waals surface area contributed by atoms with Gasteiger partial charge in [0.05, 0.1) is 5.02 Å². The Hall–Kier alpha value is -1.13. The van der Waals surface area contributed by atoms with E-state index >= 15 is 0 Å². The molecule has 0 aliphatic carbocycles. The summed E-state index contributed by atoms with van der Waals surface area (Å²) in [5, 5.41) is 4.06. The third kappa shape index (κ3) is 3.74. The fourth-order valence-corrected chi connectivity index (χ4v) is 2.60. The number of rotatable bonds is 5. The summed E-state index contributed by atoms with van der Waals surface area (Å²) in [5.74, 6) is 1.64. The standard InChI is InChI=1S/C16H19BrClN3/c1-4-8-19-16-12(5-2)10(3)20-15(21-16)11-6-7-13(17)14(18)9-11/h6-7,9H,4-5,8H2,1-3H3,(H,19,20,21). The van der Waals surface area contributed by atoms with Gasteiger partial charge in [0.2, 0.25) is 0 Å². The Bertz CT molecular complexity index is 644. The minimum Gasteiger partial charge on any atom is -0.370 e. The van der Waals surface area contributed by atoms with E-state index in [4.69, 9.17) is 11.6 Å². The van der Waals surface area contributed by atoms with Crippen LogP contribution < -0.4 is 5.32 Å². The molecule has 3 nitrogen and oxygen atoms in total. The summed E-state index contributed by atoms with van der Waals surface area (Å²) in [6.07, 6.45) is 1.98. The Labute approximate surface area is 139 Å². The third-order valence-corrected chi connectivity index (χ3v) is 4.52. The number of halogens is 2. The molecule has 0 atom stereocenters. The second-order valence-corrected chi connectivity index (χ2v) is 6.13. The lowest BCUT2D eigenvalue weighted by atomic mass is 10.1. The van der Waals surface area contributed by atoms with Gasteiger partial charge in [-0.15, -0.1) is 0 Å². The van der Waals surface area contributed by atoms with Crippen LogP contribution >= 0.6 is 27.5 Å². The average molecular weight is 369 g/mol. The first-order valence-corrected chi connectivity index (χ1v) is 8.30. The van der Waals surface area contributed by atoms with E-state index in [2.05, 4.69) is 45.1 Å². The van der Waals surface area contributed by atoms with Gasteiger partial charge in [-0.1, -0.05) is 25.4 Å². The van der Waals surface area contributed by atoms with Crippen LogP contribution in [0.25, 0.3) is 11.4 Å². The van der Waals surface area contributed by atoms with Crippen molar-refractivity contribution in [2.24, 2.45) is 0 Å². The molecule has 112 valence electrons. The molecule has 0 bridgehead atoms. The van der Waals surface area contributed by atoms with Crippen molar-refractivity contribution in [3.05, 3.63) is 39.0 Å². The second-order valence-electron chi connectivity index (χ2n) is 4.87. The first kappa shape index (κ1) is 16.2.